The van der Waals surface area contributed by atoms with Crippen LogP contribution in [0, 0.1) is 5.92 Å². The van der Waals surface area contributed by atoms with E-state index in [1.807, 2.05) is 12.1 Å². The van der Waals surface area contributed by atoms with Gasteiger partial charge in [0.25, 0.3) is 5.92 Å². The van der Waals surface area contributed by atoms with Crippen LogP contribution in [-0.2, 0) is 10.7 Å². The van der Waals surface area contributed by atoms with Gasteiger partial charge in [0.05, 0.1) is 16.9 Å². The fourth-order valence-corrected chi connectivity index (χ4v) is 3.19. The van der Waals surface area contributed by atoms with Crippen LogP contribution >= 0.6 is 0 Å². The molecule has 2 aromatic heterocycles. The Morgan fingerprint density at radius 3 is 2.90 bits per heavy atom. The third-order valence-electron chi connectivity index (χ3n) is 4.90. The van der Waals surface area contributed by atoms with E-state index in [-0.39, 0.29) is 29.5 Å². The number of halogens is 2. The van der Waals surface area contributed by atoms with Crippen molar-refractivity contribution in [3.05, 3.63) is 60.4 Å². The molecule has 0 saturated heterocycles. The summed E-state index contributed by atoms with van der Waals surface area (Å²) < 4.78 is 34.5. The van der Waals surface area contributed by atoms with Crippen LogP contribution in [-0.4, -0.2) is 40.6 Å². The number of hydrogen-bond acceptors (Lipinski definition) is 5. The Morgan fingerprint density at radius 2 is 2.13 bits per heavy atom. The third kappa shape index (κ3) is 3.54. The van der Waals surface area contributed by atoms with Crippen LogP contribution in [0.4, 0.5) is 14.5 Å². The minimum atomic E-state index is -3.00. The molecule has 4 rings (SSSR count). The first-order chi connectivity index (χ1) is 14.3. The lowest BCUT2D eigenvalue weighted by Gasteiger charge is -2.17. The molecule has 1 atom stereocenters. The van der Waals surface area contributed by atoms with Crippen LogP contribution in [0.5, 0.6) is 5.75 Å². The zero-order valence-electron chi connectivity index (χ0n) is 16.4. The predicted molar refractivity (Wildman–Crippen MR) is 109 cm³/mol. The lowest BCUT2D eigenvalue weighted by atomic mass is 10.1. The number of nitrogens with zero attached hydrogens (tertiary/aromatic N) is 5. The Morgan fingerprint density at radius 1 is 1.37 bits per heavy atom. The van der Waals surface area contributed by atoms with Crippen molar-refractivity contribution in [1.82, 2.24) is 14.8 Å². The Kier molecular flexibility index (Phi) is 4.81. The Bertz CT molecular complexity index is 1170. The van der Waals surface area contributed by atoms with Gasteiger partial charge in [-0.15, -0.1) is 5.10 Å². The molecule has 1 amide bonds. The molecule has 1 aliphatic rings. The van der Waals surface area contributed by atoms with Gasteiger partial charge in [0, 0.05) is 31.9 Å². The summed E-state index contributed by atoms with van der Waals surface area (Å²) in [4.78, 5) is 18.6. The summed E-state index contributed by atoms with van der Waals surface area (Å²) in [6.07, 6.45) is 2.85. The lowest BCUT2D eigenvalue weighted by Crippen LogP contribution is -2.34. The highest BCUT2D eigenvalue weighted by Gasteiger charge is 2.28. The molecule has 154 valence electrons. The zero-order valence-corrected chi connectivity index (χ0v) is 16.4. The van der Waals surface area contributed by atoms with Crippen molar-refractivity contribution in [2.24, 2.45) is 10.9 Å². The van der Waals surface area contributed by atoms with E-state index >= 15 is 0 Å². The maximum atomic E-state index is 13.7. The normalized spacial score (nSPS) is 17.1. The van der Waals surface area contributed by atoms with E-state index in [1.165, 1.54) is 34.0 Å². The van der Waals surface area contributed by atoms with Gasteiger partial charge in [-0.2, -0.15) is 0 Å². The number of hydrogen-bond donors (Lipinski definition) is 0. The van der Waals surface area contributed by atoms with Gasteiger partial charge in [-0.25, -0.2) is 13.3 Å². The molecular formula is C21H19F2N5O2. The summed E-state index contributed by atoms with van der Waals surface area (Å²) in [7, 11) is 1.67. The monoisotopic (exact) mass is 411 g/mol. The number of para-hydroxylation sites is 2. The molecule has 9 heteroatoms. The van der Waals surface area contributed by atoms with Crippen molar-refractivity contribution in [3.63, 3.8) is 0 Å². The summed E-state index contributed by atoms with van der Waals surface area (Å²) >= 11 is 0. The molecule has 0 fully saturated rings. The van der Waals surface area contributed by atoms with E-state index in [9.17, 15) is 13.6 Å². The summed E-state index contributed by atoms with van der Waals surface area (Å²) in [5, 5.41) is 7.91. The van der Waals surface area contributed by atoms with Crippen molar-refractivity contribution < 1.29 is 18.3 Å². The molecular weight excluding hydrogens is 392 g/mol. The molecule has 0 bridgehead atoms. The maximum absolute atomic E-state index is 13.7. The Balaban J connectivity index is 1.59. The Hall–Kier alpha value is -3.62. The van der Waals surface area contributed by atoms with Crippen LogP contribution in [0.3, 0.4) is 0 Å². The molecule has 7 nitrogen and oxygen atoms in total. The van der Waals surface area contributed by atoms with Gasteiger partial charge in [-0.1, -0.05) is 23.9 Å². The molecule has 1 unspecified atom stereocenters. The highest BCUT2D eigenvalue weighted by Crippen LogP contribution is 2.31. The van der Waals surface area contributed by atoms with Crippen molar-refractivity contribution in [1.29, 1.82) is 0 Å². The summed E-state index contributed by atoms with van der Waals surface area (Å²) in [5.41, 5.74) is 1.33. The molecule has 1 aliphatic heterocycles. The van der Waals surface area contributed by atoms with Crippen molar-refractivity contribution in [3.8, 4) is 5.75 Å². The van der Waals surface area contributed by atoms with Crippen LogP contribution in [0.15, 0.2) is 54.2 Å². The zero-order chi connectivity index (χ0) is 21.5. The fourth-order valence-electron chi connectivity index (χ4n) is 3.19. The van der Waals surface area contributed by atoms with Gasteiger partial charge in [-0.3, -0.25) is 9.79 Å². The number of alkyl halides is 2. The molecule has 3 heterocycles. The standard InChI is InChI=1S/C21H19F2N5O2/c1-13(19-17-10-15(21(2,22)23)8-9-28(17)26-25-19)24-11-14-12-30-18-7-5-4-6-16(18)27(3)20(14)29/h4-11,14H,1,12H2,2-3H3. The van der Waals surface area contributed by atoms with Crippen LogP contribution in [0.2, 0.25) is 0 Å². The first-order valence-electron chi connectivity index (χ1n) is 9.22. The highest BCUT2D eigenvalue weighted by atomic mass is 19.3. The molecule has 30 heavy (non-hydrogen) atoms. The fraction of sp³-hybridized carbons (Fsp3) is 0.238. The van der Waals surface area contributed by atoms with Crippen LogP contribution < -0.4 is 9.64 Å². The minimum absolute atomic E-state index is 0.116. The lowest BCUT2D eigenvalue weighted by molar-refractivity contribution is -0.120. The number of carbonyl (C=O) groups excluding carboxylic acids is 1. The van der Waals surface area contributed by atoms with E-state index in [0.29, 0.717) is 17.0 Å². The Labute approximate surface area is 171 Å². The third-order valence-corrected chi connectivity index (χ3v) is 4.90. The maximum Gasteiger partial charge on any atom is 0.270 e. The number of pyridine rings is 1. The van der Waals surface area contributed by atoms with Gasteiger partial charge in [0.15, 0.2) is 0 Å². The number of amides is 1. The van der Waals surface area contributed by atoms with E-state index in [0.717, 1.165) is 6.92 Å². The summed E-state index contributed by atoms with van der Waals surface area (Å²) in [6, 6.07) is 9.84. The number of aromatic nitrogens is 3. The average molecular weight is 411 g/mol. The number of anilines is 1. The number of ether oxygens (including phenoxy) is 1. The minimum Gasteiger partial charge on any atom is -0.490 e. The smallest absolute Gasteiger partial charge is 0.270 e. The molecule has 3 aromatic rings. The molecule has 0 aliphatic carbocycles. The quantitative estimate of drug-likeness (QED) is 0.616. The van der Waals surface area contributed by atoms with Gasteiger partial charge in [0.1, 0.15) is 24.0 Å². The van der Waals surface area contributed by atoms with Crippen molar-refractivity contribution in [2.75, 3.05) is 18.6 Å². The van der Waals surface area contributed by atoms with Crippen LogP contribution in [0.25, 0.3) is 11.2 Å². The van der Waals surface area contributed by atoms with Gasteiger partial charge < -0.3 is 9.64 Å². The van der Waals surface area contributed by atoms with Crippen molar-refractivity contribution in [2.45, 2.75) is 12.8 Å². The number of carbonyl (C=O) groups is 1. The SMILES string of the molecule is C=C(N=CC1COc2ccccc2N(C)C1=O)c1nnn2ccc(C(C)(F)F)cc12. The number of benzene rings is 1. The molecule has 0 N–H and O–H groups in total. The first-order valence-corrected chi connectivity index (χ1v) is 9.22. The van der Waals surface area contributed by atoms with Crippen LogP contribution in [0.1, 0.15) is 18.2 Å². The van der Waals surface area contributed by atoms with E-state index < -0.39 is 11.8 Å². The first kappa shape index (κ1) is 19.7. The highest BCUT2D eigenvalue weighted by molar-refractivity contribution is 6.05. The van der Waals surface area contributed by atoms with Gasteiger partial charge in [-0.05, 0) is 24.3 Å². The number of rotatable bonds is 4. The van der Waals surface area contributed by atoms with E-state index in [1.54, 1.807) is 19.2 Å². The summed E-state index contributed by atoms with van der Waals surface area (Å²) in [5.74, 6) is -3.22. The molecule has 0 spiro atoms. The largest absolute Gasteiger partial charge is 0.490 e. The molecule has 0 radical (unpaired) electrons. The number of aliphatic imine (C=N–C) groups is 1. The predicted octanol–water partition coefficient (Wildman–Crippen LogP) is 3.55. The molecule has 0 saturated carbocycles. The molecule has 1 aromatic carbocycles. The second-order valence-electron chi connectivity index (χ2n) is 7.08. The van der Waals surface area contributed by atoms with Gasteiger partial charge >= 0.3 is 0 Å². The second-order valence-corrected chi connectivity index (χ2v) is 7.08. The van der Waals surface area contributed by atoms with Gasteiger partial charge in [0.2, 0.25) is 5.91 Å². The summed E-state index contributed by atoms with van der Waals surface area (Å²) in [6.45, 7) is 4.80. The van der Waals surface area contributed by atoms with Crippen molar-refractivity contribution >= 4 is 29.0 Å². The topological polar surface area (TPSA) is 72.1 Å². The number of fused-ring (bicyclic) bond motifs is 2. The average Bonchev–Trinajstić information content (AvgIpc) is 3.11. The van der Waals surface area contributed by atoms with E-state index in [4.69, 9.17) is 4.74 Å². The second kappa shape index (κ2) is 7.33. The van der Waals surface area contributed by atoms with E-state index in [2.05, 4.69) is 21.9 Å².